The SMILES string of the molecule is C[C@@H]1C[C@@H]2[C@H](N)[C@@H]21. The van der Waals surface area contributed by atoms with Crippen molar-refractivity contribution in [3.63, 3.8) is 0 Å². The quantitative estimate of drug-likeness (QED) is 0.470. The van der Waals surface area contributed by atoms with Crippen molar-refractivity contribution in [1.29, 1.82) is 0 Å². The van der Waals surface area contributed by atoms with Crippen LogP contribution in [-0.4, -0.2) is 6.04 Å². The molecule has 0 aliphatic heterocycles. The van der Waals surface area contributed by atoms with Crippen LogP contribution in [0.3, 0.4) is 0 Å². The summed E-state index contributed by atoms with van der Waals surface area (Å²) in [5.41, 5.74) is 5.66. The third-order valence-electron chi connectivity index (χ3n) is 2.59. The highest BCUT2D eigenvalue weighted by molar-refractivity contribution is 5.11. The van der Waals surface area contributed by atoms with Gasteiger partial charge in [-0.1, -0.05) is 6.92 Å². The highest BCUT2D eigenvalue weighted by Crippen LogP contribution is 2.58. The monoisotopic (exact) mass is 97.1 g/mol. The van der Waals surface area contributed by atoms with Crippen molar-refractivity contribution in [1.82, 2.24) is 0 Å². The van der Waals surface area contributed by atoms with E-state index in [1.807, 2.05) is 0 Å². The van der Waals surface area contributed by atoms with Crippen LogP contribution in [0.5, 0.6) is 0 Å². The van der Waals surface area contributed by atoms with E-state index >= 15 is 0 Å². The van der Waals surface area contributed by atoms with Crippen LogP contribution in [0, 0.1) is 17.8 Å². The fourth-order valence-electron chi connectivity index (χ4n) is 1.93. The maximum atomic E-state index is 5.66. The summed E-state index contributed by atoms with van der Waals surface area (Å²) < 4.78 is 0. The first-order chi connectivity index (χ1) is 3.30. The van der Waals surface area contributed by atoms with Gasteiger partial charge in [0.25, 0.3) is 0 Å². The fourth-order valence-corrected chi connectivity index (χ4v) is 1.93. The molecule has 0 radical (unpaired) electrons. The van der Waals surface area contributed by atoms with Gasteiger partial charge in [0.1, 0.15) is 0 Å². The molecule has 0 aromatic heterocycles. The summed E-state index contributed by atoms with van der Waals surface area (Å²) in [6.45, 7) is 2.30. The number of nitrogens with two attached hydrogens (primary N) is 1. The van der Waals surface area contributed by atoms with Crippen molar-refractivity contribution in [3.05, 3.63) is 0 Å². The molecule has 40 valence electrons. The lowest BCUT2D eigenvalue weighted by Gasteiger charge is -2.17. The second kappa shape index (κ2) is 0.873. The van der Waals surface area contributed by atoms with Crippen LogP contribution in [0.1, 0.15) is 13.3 Å². The van der Waals surface area contributed by atoms with Gasteiger partial charge in [-0.3, -0.25) is 0 Å². The topological polar surface area (TPSA) is 26.0 Å². The molecule has 0 unspecified atom stereocenters. The molecule has 1 nitrogen and oxygen atoms in total. The standard InChI is InChI=1S/C6H11N/c1-3-2-4-5(3)6(4)7/h3-6H,2,7H2,1H3/t3-,4+,5-,6+/m1/s1. The predicted molar refractivity (Wildman–Crippen MR) is 28.7 cm³/mol. The maximum Gasteiger partial charge on any atom is 0.0105 e. The van der Waals surface area contributed by atoms with Gasteiger partial charge in [0.05, 0.1) is 0 Å². The fraction of sp³-hybridized carbons (Fsp3) is 1.00. The van der Waals surface area contributed by atoms with E-state index in [0.717, 1.165) is 17.8 Å². The van der Waals surface area contributed by atoms with Crippen LogP contribution in [0.15, 0.2) is 0 Å². The smallest absolute Gasteiger partial charge is 0.0105 e. The van der Waals surface area contributed by atoms with E-state index < -0.39 is 0 Å². The zero-order valence-corrected chi connectivity index (χ0v) is 4.59. The molecule has 7 heavy (non-hydrogen) atoms. The van der Waals surface area contributed by atoms with Crippen LogP contribution in [0.2, 0.25) is 0 Å². The van der Waals surface area contributed by atoms with Crippen molar-refractivity contribution in [2.75, 3.05) is 0 Å². The molecule has 2 fully saturated rings. The van der Waals surface area contributed by atoms with Gasteiger partial charge in [0, 0.05) is 6.04 Å². The van der Waals surface area contributed by atoms with Crippen LogP contribution in [0.25, 0.3) is 0 Å². The molecule has 0 heterocycles. The first-order valence-electron chi connectivity index (χ1n) is 3.06. The summed E-state index contributed by atoms with van der Waals surface area (Å²) in [7, 11) is 0. The Morgan fingerprint density at radius 3 is 2.29 bits per heavy atom. The van der Waals surface area contributed by atoms with Gasteiger partial charge in [0.15, 0.2) is 0 Å². The van der Waals surface area contributed by atoms with Crippen molar-refractivity contribution in [2.45, 2.75) is 19.4 Å². The Balaban J connectivity index is 2.05. The van der Waals surface area contributed by atoms with E-state index in [-0.39, 0.29) is 0 Å². The van der Waals surface area contributed by atoms with Crippen LogP contribution in [-0.2, 0) is 0 Å². The second-order valence-corrected chi connectivity index (χ2v) is 3.03. The van der Waals surface area contributed by atoms with Gasteiger partial charge in [0.2, 0.25) is 0 Å². The molecule has 2 aliphatic rings. The third kappa shape index (κ3) is 0.290. The van der Waals surface area contributed by atoms with E-state index in [9.17, 15) is 0 Å². The molecular weight excluding hydrogens is 86.1 g/mol. The molecule has 0 bridgehead atoms. The maximum absolute atomic E-state index is 5.66. The molecule has 1 heteroatoms. The molecule has 2 aliphatic carbocycles. The van der Waals surface area contributed by atoms with Crippen molar-refractivity contribution < 1.29 is 0 Å². The molecule has 0 saturated heterocycles. The first kappa shape index (κ1) is 3.90. The highest BCUT2D eigenvalue weighted by Gasteiger charge is 2.58. The van der Waals surface area contributed by atoms with E-state index in [1.165, 1.54) is 6.42 Å². The molecule has 0 aromatic carbocycles. The second-order valence-electron chi connectivity index (χ2n) is 3.03. The molecule has 4 atom stereocenters. The summed E-state index contributed by atoms with van der Waals surface area (Å²) in [5.74, 6) is 2.86. The van der Waals surface area contributed by atoms with Gasteiger partial charge < -0.3 is 5.73 Å². The Kier molecular flexibility index (Phi) is 0.487. The minimum Gasteiger partial charge on any atom is -0.327 e. The van der Waals surface area contributed by atoms with Crippen LogP contribution < -0.4 is 5.73 Å². The summed E-state index contributed by atoms with van der Waals surface area (Å²) in [6, 6.07) is 0.606. The lowest BCUT2D eigenvalue weighted by atomic mass is 9.88. The van der Waals surface area contributed by atoms with Gasteiger partial charge in [-0.15, -0.1) is 0 Å². The average molecular weight is 97.2 g/mol. The van der Waals surface area contributed by atoms with E-state index in [1.54, 1.807) is 0 Å². The van der Waals surface area contributed by atoms with E-state index in [2.05, 4.69) is 6.92 Å². The lowest BCUT2D eigenvalue weighted by Crippen LogP contribution is -2.10. The third-order valence-corrected chi connectivity index (χ3v) is 2.59. The zero-order chi connectivity index (χ0) is 5.02. The molecule has 0 aromatic rings. The molecule has 0 spiro atoms. The van der Waals surface area contributed by atoms with Crippen molar-refractivity contribution in [3.8, 4) is 0 Å². The van der Waals surface area contributed by atoms with Gasteiger partial charge >= 0.3 is 0 Å². The van der Waals surface area contributed by atoms with Gasteiger partial charge in [-0.05, 0) is 24.2 Å². The Hall–Kier alpha value is -0.0400. The molecule has 2 rings (SSSR count). The van der Waals surface area contributed by atoms with Crippen LogP contribution >= 0.6 is 0 Å². The minimum atomic E-state index is 0.606. The Morgan fingerprint density at radius 1 is 1.57 bits per heavy atom. The summed E-state index contributed by atoms with van der Waals surface area (Å²) in [6.07, 6.45) is 1.41. The normalized spacial score (nSPS) is 66.0. The Bertz CT molecular complexity index is 89.6. The van der Waals surface area contributed by atoms with Crippen molar-refractivity contribution >= 4 is 0 Å². The summed E-state index contributed by atoms with van der Waals surface area (Å²) in [5, 5.41) is 0. The molecule has 2 saturated carbocycles. The van der Waals surface area contributed by atoms with E-state index in [0.29, 0.717) is 6.04 Å². The highest BCUT2D eigenvalue weighted by atomic mass is 14.8. The number of hydrogen-bond acceptors (Lipinski definition) is 1. The molecule has 2 N–H and O–H groups in total. The minimum absolute atomic E-state index is 0.606. The predicted octanol–water partition coefficient (Wildman–Crippen LogP) is 0.600. The summed E-state index contributed by atoms with van der Waals surface area (Å²) >= 11 is 0. The van der Waals surface area contributed by atoms with Crippen LogP contribution in [0.4, 0.5) is 0 Å². The zero-order valence-electron chi connectivity index (χ0n) is 4.59. The van der Waals surface area contributed by atoms with Crippen molar-refractivity contribution in [2.24, 2.45) is 23.5 Å². The number of fused-ring (bicyclic) bond motifs is 1. The Labute approximate surface area is 43.9 Å². The van der Waals surface area contributed by atoms with Gasteiger partial charge in [-0.25, -0.2) is 0 Å². The van der Waals surface area contributed by atoms with Gasteiger partial charge in [-0.2, -0.15) is 0 Å². The summed E-state index contributed by atoms with van der Waals surface area (Å²) in [4.78, 5) is 0. The lowest BCUT2D eigenvalue weighted by molar-refractivity contribution is 0.317. The first-order valence-corrected chi connectivity index (χ1v) is 3.06. The Morgan fingerprint density at radius 2 is 2.29 bits per heavy atom. The number of hydrogen-bond donors (Lipinski definition) is 1. The molecule has 0 amide bonds. The largest absolute Gasteiger partial charge is 0.327 e. The molecular formula is C6H11N. The van der Waals surface area contributed by atoms with E-state index in [4.69, 9.17) is 5.73 Å². The number of rotatable bonds is 0. The average Bonchev–Trinajstić information content (AvgIpc) is 2.07.